The third-order valence-electron chi connectivity index (χ3n) is 3.97. The molecule has 2 atom stereocenters. The molecule has 1 aliphatic carbocycles. The highest BCUT2D eigenvalue weighted by atomic mass is 32.2. The summed E-state index contributed by atoms with van der Waals surface area (Å²) in [5, 5.41) is 2.72. The first-order valence-electron chi connectivity index (χ1n) is 7.15. The fourth-order valence-corrected chi connectivity index (χ4v) is 3.33. The summed E-state index contributed by atoms with van der Waals surface area (Å²) in [4.78, 5) is 12.2. The minimum atomic E-state index is -3.65. The van der Waals surface area contributed by atoms with Crippen molar-refractivity contribution >= 4 is 15.9 Å². The fraction of sp³-hybridized carbons (Fsp3) is 0.643. The molecule has 6 nitrogen and oxygen atoms in total. The van der Waals surface area contributed by atoms with Crippen LogP contribution in [0.5, 0.6) is 0 Å². The predicted octanol–water partition coefficient (Wildman–Crippen LogP) is 1.84. The molecule has 21 heavy (non-hydrogen) atoms. The number of furan rings is 1. The van der Waals surface area contributed by atoms with E-state index in [9.17, 15) is 13.2 Å². The van der Waals surface area contributed by atoms with Crippen LogP contribution < -0.4 is 5.32 Å². The Hall–Kier alpha value is -1.34. The van der Waals surface area contributed by atoms with Gasteiger partial charge in [-0.05, 0) is 30.9 Å². The Morgan fingerprint density at radius 1 is 1.29 bits per heavy atom. The first-order valence-corrected chi connectivity index (χ1v) is 8.59. The normalized spacial score (nSPS) is 23.2. The van der Waals surface area contributed by atoms with Crippen LogP contribution in [0.3, 0.4) is 0 Å². The van der Waals surface area contributed by atoms with Crippen molar-refractivity contribution in [2.24, 2.45) is 5.92 Å². The minimum absolute atomic E-state index is 0.0354. The van der Waals surface area contributed by atoms with E-state index in [1.807, 2.05) is 0 Å². The van der Waals surface area contributed by atoms with Crippen molar-refractivity contribution in [3.63, 3.8) is 0 Å². The van der Waals surface area contributed by atoms with Gasteiger partial charge >= 0.3 is 0 Å². The van der Waals surface area contributed by atoms with Crippen molar-refractivity contribution in [1.29, 1.82) is 0 Å². The number of hydrogen-bond acceptors (Lipinski definition) is 4. The zero-order valence-corrected chi connectivity index (χ0v) is 13.4. The smallest absolute Gasteiger partial charge is 0.287 e. The maximum Gasteiger partial charge on any atom is 0.287 e. The van der Waals surface area contributed by atoms with Gasteiger partial charge in [-0.15, -0.1) is 0 Å². The number of nitrogens with zero attached hydrogens (tertiary/aromatic N) is 1. The second kappa shape index (κ2) is 6.19. The quantitative estimate of drug-likeness (QED) is 0.919. The molecule has 0 spiro atoms. The van der Waals surface area contributed by atoms with E-state index >= 15 is 0 Å². The Kier molecular flexibility index (Phi) is 4.73. The molecule has 0 saturated heterocycles. The molecule has 1 fully saturated rings. The Balaban J connectivity index is 2.09. The van der Waals surface area contributed by atoms with E-state index in [0.29, 0.717) is 5.92 Å². The van der Waals surface area contributed by atoms with Crippen LogP contribution in [-0.4, -0.2) is 38.8 Å². The van der Waals surface area contributed by atoms with Gasteiger partial charge < -0.3 is 9.73 Å². The molecule has 2 unspecified atom stereocenters. The lowest BCUT2D eigenvalue weighted by Crippen LogP contribution is -2.40. The Morgan fingerprint density at radius 3 is 2.57 bits per heavy atom. The first kappa shape index (κ1) is 16.0. The van der Waals surface area contributed by atoms with Crippen molar-refractivity contribution in [2.75, 3.05) is 14.1 Å². The number of rotatable bonds is 4. The second-order valence-corrected chi connectivity index (χ2v) is 7.83. The van der Waals surface area contributed by atoms with Gasteiger partial charge in [0.2, 0.25) is 5.09 Å². The number of carbonyl (C=O) groups is 1. The van der Waals surface area contributed by atoms with Gasteiger partial charge in [0.25, 0.3) is 15.9 Å². The predicted molar refractivity (Wildman–Crippen MR) is 78.5 cm³/mol. The zero-order valence-electron chi connectivity index (χ0n) is 12.6. The lowest BCUT2D eigenvalue weighted by atomic mass is 9.86. The van der Waals surface area contributed by atoms with E-state index < -0.39 is 10.0 Å². The summed E-state index contributed by atoms with van der Waals surface area (Å²) in [6.45, 7) is 2.12. The number of hydrogen-bond donors (Lipinski definition) is 1. The Morgan fingerprint density at radius 2 is 1.95 bits per heavy atom. The van der Waals surface area contributed by atoms with E-state index in [2.05, 4.69) is 12.2 Å². The van der Waals surface area contributed by atoms with Crippen LogP contribution in [0, 0.1) is 5.92 Å². The highest BCUT2D eigenvalue weighted by Crippen LogP contribution is 2.24. The molecule has 1 aromatic rings. The third-order valence-corrected chi connectivity index (χ3v) is 5.66. The molecule has 7 heteroatoms. The summed E-state index contributed by atoms with van der Waals surface area (Å²) >= 11 is 0. The third kappa shape index (κ3) is 3.47. The zero-order chi connectivity index (χ0) is 15.6. The largest absolute Gasteiger partial charge is 0.438 e. The second-order valence-electron chi connectivity index (χ2n) is 5.75. The van der Waals surface area contributed by atoms with Gasteiger partial charge in [0.05, 0.1) is 0 Å². The van der Waals surface area contributed by atoms with Crippen molar-refractivity contribution in [1.82, 2.24) is 9.62 Å². The fourth-order valence-electron chi connectivity index (χ4n) is 2.53. The summed E-state index contributed by atoms with van der Waals surface area (Å²) in [5.41, 5.74) is 0. The molecule has 1 saturated carbocycles. The van der Waals surface area contributed by atoms with Crippen LogP contribution in [0.2, 0.25) is 0 Å². The lowest BCUT2D eigenvalue weighted by molar-refractivity contribution is 0.0876. The molecule has 0 radical (unpaired) electrons. The standard InChI is InChI=1S/C14H22N2O4S/c1-10-6-4-5-7-11(10)15-14(17)12-8-9-13(20-12)21(18,19)16(2)3/h8-11H,4-7H2,1-3H3,(H,15,17). The highest BCUT2D eigenvalue weighted by molar-refractivity contribution is 7.88. The number of carbonyl (C=O) groups excluding carboxylic acids is 1. The minimum Gasteiger partial charge on any atom is -0.438 e. The van der Waals surface area contributed by atoms with Gasteiger partial charge in [0, 0.05) is 20.1 Å². The van der Waals surface area contributed by atoms with Crippen LogP contribution in [-0.2, 0) is 10.0 Å². The van der Waals surface area contributed by atoms with Gasteiger partial charge in [-0.1, -0.05) is 19.8 Å². The molecule has 1 heterocycles. The highest BCUT2D eigenvalue weighted by Gasteiger charge is 2.26. The van der Waals surface area contributed by atoms with Crippen LogP contribution in [0.1, 0.15) is 43.2 Å². The van der Waals surface area contributed by atoms with Crippen molar-refractivity contribution in [3.8, 4) is 0 Å². The van der Waals surface area contributed by atoms with Gasteiger partial charge in [0.1, 0.15) is 0 Å². The van der Waals surface area contributed by atoms with Crippen molar-refractivity contribution < 1.29 is 17.6 Å². The summed E-state index contributed by atoms with van der Waals surface area (Å²) in [6, 6.07) is 2.85. The summed E-state index contributed by atoms with van der Waals surface area (Å²) < 4.78 is 30.1. The lowest BCUT2D eigenvalue weighted by Gasteiger charge is -2.29. The maximum atomic E-state index is 12.2. The monoisotopic (exact) mass is 314 g/mol. The SMILES string of the molecule is CC1CCCCC1NC(=O)c1ccc(S(=O)(=O)N(C)C)o1. The summed E-state index contributed by atoms with van der Waals surface area (Å²) in [7, 11) is -0.811. The molecule has 2 rings (SSSR count). The summed E-state index contributed by atoms with van der Waals surface area (Å²) in [6.07, 6.45) is 4.35. The Labute approximate surface area is 125 Å². The molecule has 0 bridgehead atoms. The van der Waals surface area contributed by atoms with Crippen LogP contribution in [0.15, 0.2) is 21.6 Å². The van der Waals surface area contributed by atoms with Gasteiger partial charge in [-0.2, -0.15) is 0 Å². The number of sulfonamides is 1. The van der Waals surface area contributed by atoms with Gasteiger partial charge in [-0.25, -0.2) is 12.7 Å². The maximum absolute atomic E-state index is 12.2. The van der Waals surface area contributed by atoms with Gasteiger partial charge in [-0.3, -0.25) is 4.79 Å². The van der Waals surface area contributed by atoms with E-state index in [4.69, 9.17) is 4.42 Å². The molecule has 1 N–H and O–H groups in total. The molecule has 1 aromatic heterocycles. The number of amides is 1. The summed E-state index contributed by atoms with van der Waals surface area (Å²) in [5.74, 6) is 0.116. The van der Waals surface area contributed by atoms with E-state index in [1.165, 1.54) is 32.6 Å². The molecular weight excluding hydrogens is 292 g/mol. The van der Waals surface area contributed by atoms with E-state index in [1.54, 1.807) is 0 Å². The van der Waals surface area contributed by atoms with Crippen LogP contribution >= 0.6 is 0 Å². The molecule has 0 aliphatic heterocycles. The molecule has 1 aliphatic rings. The van der Waals surface area contributed by atoms with E-state index in [0.717, 1.165) is 23.6 Å². The molecule has 1 amide bonds. The van der Waals surface area contributed by atoms with Gasteiger partial charge in [0.15, 0.2) is 5.76 Å². The van der Waals surface area contributed by atoms with Crippen LogP contribution in [0.25, 0.3) is 0 Å². The van der Waals surface area contributed by atoms with Crippen LogP contribution in [0.4, 0.5) is 0 Å². The van der Waals surface area contributed by atoms with Crippen molar-refractivity contribution in [2.45, 2.75) is 43.7 Å². The molecule has 118 valence electrons. The first-order chi connectivity index (χ1) is 9.82. The van der Waals surface area contributed by atoms with E-state index in [-0.39, 0.29) is 22.8 Å². The molecule has 0 aromatic carbocycles. The molecular formula is C14H22N2O4S. The van der Waals surface area contributed by atoms with Crippen molar-refractivity contribution in [3.05, 3.63) is 17.9 Å². The average Bonchev–Trinajstić information content (AvgIpc) is 2.91. The average molecular weight is 314 g/mol. The topological polar surface area (TPSA) is 79.6 Å². The Bertz CT molecular complexity index is 606. The number of nitrogens with one attached hydrogen (secondary N) is 1.